The van der Waals surface area contributed by atoms with Crippen molar-refractivity contribution in [2.75, 3.05) is 21.3 Å². The molecule has 0 amide bonds. The second-order valence-electron chi connectivity index (χ2n) is 5.78. The average molecular weight is 378 g/mol. The predicted octanol–water partition coefficient (Wildman–Crippen LogP) is 6.11. The second kappa shape index (κ2) is 9.10. The highest BCUT2D eigenvalue weighted by molar-refractivity contribution is 7.13. The molecule has 1 heterocycles. The van der Waals surface area contributed by atoms with E-state index in [2.05, 4.69) is 42.5 Å². The fourth-order valence-electron chi connectivity index (χ4n) is 2.67. The standard InChI is InChI=1S/C23H22O3S/c1-24-21-15-18(16-22(25-2)23(21)26-3)10-12-20-14-13-19(27-20)11-9-17-7-5-4-6-8-17/h4-16H,1-3H3/b11-9?,12-10+. The second-order valence-corrected chi connectivity index (χ2v) is 6.92. The van der Waals surface area contributed by atoms with Gasteiger partial charge in [-0.05, 0) is 47.5 Å². The Hall–Kier alpha value is -2.98. The zero-order chi connectivity index (χ0) is 19.1. The third-order valence-corrected chi connectivity index (χ3v) is 5.03. The fraction of sp³-hybridized carbons (Fsp3) is 0.130. The maximum absolute atomic E-state index is 5.40. The van der Waals surface area contributed by atoms with Gasteiger partial charge in [0.15, 0.2) is 11.5 Å². The molecule has 3 nitrogen and oxygen atoms in total. The molecule has 138 valence electrons. The maximum atomic E-state index is 5.40. The molecule has 0 spiro atoms. The highest BCUT2D eigenvalue weighted by Gasteiger charge is 2.11. The van der Waals surface area contributed by atoms with Gasteiger partial charge in [-0.3, -0.25) is 0 Å². The molecular weight excluding hydrogens is 356 g/mol. The van der Waals surface area contributed by atoms with E-state index in [4.69, 9.17) is 14.2 Å². The summed E-state index contributed by atoms with van der Waals surface area (Å²) in [6.07, 6.45) is 8.39. The van der Waals surface area contributed by atoms with Crippen LogP contribution in [-0.4, -0.2) is 21.3 Å². The first-order chi connectivity index (χ1) is 13.2. The molecule has 0 radical (unpaired) electrons. The Kier molecular flexibility index (Phi) is 6.34. The number of hydrogen-bond donors (Lipinski definition) is 0. The summed E-state index contributed by atoms with van der Waals surface area (Å²) >= 11 is 1.74. The van der Waals surface area contributed by atoms with Gasteiger partial charge in [0, 0.05) is 9.75 Å². The monoisotopic (exact) mass is 378 g/mol. The van der Waals surface area contributed by atoms with Gasteiger partial charge in [-0.2, -0.15) is 0 Å². The molecule has 0 saturated carbocycles. The largest absolute Gasteiger partial charge is 0.493 e. The van der Waals surface area contributed by atoms with Crippen LogP contribution < -0.4 is 14.2 Å². The van der Waals surface area contributed by atoms with Crippen molar-refractivity contribution in [1.29, 1.82) is 0 Å². The molecule has 3 rings (SSSR count). The van der Waals surface area contributed by atoms with Crippen molar-refractivity contribution in [1.82, 2.24) is 0 Å². The number of ether oxygens (including phenoxy) is 3. The van der Waals surface area contributed by atoms with Gasteiger partial charge in [-0.1, -0.05) is 42.5 Å². The lowest BCUT2D eigenvalue weighted by molar-refractivity contribution is 0.324. The number of hydrogen-bond acceptors (Lipinski definition) is 4. The Bertz CT molecular complexity index is 914. The molecule has 0 aliphatic carbocycles. The zero-order valence-electron chi connectivity index (χ0n) is 15.6. The molecule has 3 aromatic rings. The summed E-state index contributed by atoms with van der Waals surface area (Å²) in [6.45, 7) is 0. The molecule has 0 fully saturated rings. The van der Waals surface area contributed by atoms with E-state index in [9.17, 15) is 0 Å². The summed E-state index contributed by atoms with van der Waals surface area (Å²) in [6, 6.07) is 18.4. The third-order valence-electron chi connectivity index (χ3n) is 4.01. The van der Waals surface area contributed by atoms with E-state index in [-0.39, 0.29) is 0 Å². The summed E-state index contributed by atoms with van der Waals surface area (Å²) in [5.74, 6) is 1.89. The average Bonchev–Trinajstić information content (AvgIpc) is 3.18. The first-order valence-corrected chi connectivity index (χ1v) is 9.36. The minimum atomic E-state index is 0.599. The van der Waals surface area contributed by atoms with Crippen molar-refractivity contribution in [3.63, 3.8) is 0 Å². The molecule has 2 aromatic carbocycles. The minimum Gasteiger partial charge on any atom is -0.493 e. The highest BCUT2D eigenvalue weighted by atomic mass is 32.1. The molecule has 0 aliphatic heterocycles. The van der Waals surface area contributed by atoms with Crippen LogP contribution in [0.15, 0.2) is 54.6 Å². The number of methoxy groups -OCH3 is 3. The SMILES string of the molecule is COc1cc(/C=C/c2ccc(C=Cc3ccccc3)s2)cc(OC)c1OC. The van der Waals surface area contributed by atoms with Crippen molar-refractivity contribution >= 4 is 35.6 Å². The highest BCUT2D eigenvalue weighted by Crippen LogP contribution is 2.38. The quantitative estimate of drug-likeness (QED) is 0.496. The lowest BCUT2D eigenvalue weighted by Gasteiger charge is -2.12. The van der Waals surface area contributed by atoms with E-state index in [0.717, 1.165) is 5.56 Å². The van der Waals surface area contributed by atoms with Gasteiger partial charge in [0.2, 0.25) is 5.75 Å². The smallest absolute Gasteiger partial charge is 0.203 e. The third kappa shape index (κ3) is 4.80. The van der Waals surface area contributed by atoms with Gasteiger partial charge in [-0.25, -0.2) is 0 Å². The van der Waals surface area contributed by atoms with Crippen LogP contribution in [-0.2, 0) is 0 Å². The van der Waals surface area contributed by atoms with Gasteiger partial charge in [-0.15, -0.1) is 11.3 Å². The number of thiophene rings is 1. The van der Waals surface area contributed by atoms with Crippen LogP contribution >= 0.6 is 11.3 Å². The van der Waals surface area contributed by atoms with Crippen LogP contribution in [0.1, 0.15) is 20.9 Å². The Morgan fingerprint density at radius 3 is 1.70 bits per heavy atom. The molecule has 0 saturated heterocycles. The fourth-order valence-corrected chi connectivity index (χ4v) is 3.48. The van der Waals surface area contributed by atoms with E-state index in [1.54, 1.807) is 32.7 Å². The van der Waals surface area contributed by atoms with Crippen molar-refractivity contribution in [2.24, 2.45) is 0 Å². The van der Waals surface area contributed by atoms with Gasteiger partial charge < -0.3 is 14.2 Å². The predicted molar refractivity (Wildman–Crippen MR) is 115 cm³/mol. The van der Waals surface area contributed by atoms with Crippen LogP contribution in [0.25, 0.3) is 24.3 Å². The van der Waals surface area contributed by atoms with E-state index in [0.29, 0.717) is 17.2 Å². The topological polar surface area (TPSA) is 27.7 Å². The Balaban J connectivity index is 1.77. The van der Waals surface area contributed by atoms with Crippen LogP contribution in [0.2, 0.25) is 0 Å². The van der Waals surface area contributed by atoms with Crippen LogP contribution in [0.3, 0.4) is 0 Å². The summed E-state index contributed by atoms with van der Waals surface area (Å²) in [4.78, 5) is 2.39. The number of benzene rings is 2. The molecule has 0 atom stereocenters. The normalized spacial score (nSPS) is 11.2. The van der Waals surface area contributed by atoms with Crippen LogP contribution in [0.5, 0.6) is 17.2 Å². The first kappa shape index (κ1) is 18.8. The zero-order valence-corrected chi connectivity index (χ0v) is 16.5. The number of rotatable bonds is 7. The Morgan fingerprint density at radius 2 is 1.19 bits per heavy atom. The summed E-state index contributed by atoms with van der Waals surface area (Å²) < 4.78 is 16.2. The summed E-state index contributed by atoms with van der Waals surface area (Å²) in [5.41, 5.74) is 2.18. The summed E-state index contributed by atoms with van der Waals surface area (Å²) in [5, 5.41) is 0. The van der Waals surface area contributed by atoms with Crippen molar-refractivity contribution in [3.05, 3.63) is 75.5 Å². The van der Waals surface area contributed by atoms with Gasteiger partial charge in [0.05, 0.1) is 21.3 Å². The van der Waals surface area contributed by atoms with Gasteiger partial charge in [0.1, 0.15) is 0 Å². The minimum absolute atomic E-state index is 0.599. The molecule has 0 unspecified atom stereocenters. The van der Waals surface area contributed by atoms with Crippen LogP contribution in [0.4, 0.5) is 0 Å². The lowest BCUT2D eigenvalue weighted by atomic mass is 10.1. The van der Waals surface area contributed by atoms with Crippen molar-refractivity contribution < 1.29 is 14.2 Å². The summed E-state index contributed by atoms with van der Waals surface area (Å²) in [7, 11) is 4.84. The molecule has 0 aliphatic rings. The first-order valence-electron chi connectivity index (χ1n) is 8.54. The molecule has 1 aromatic heterocycles. The van der Waals surface area contributed by atoms with Crippen molar-refractivity contribution in [2.45, 2.75) is 0 Å². The Morgan fingerprint density at radius 1 is 0.630 bits per heavy atom. The van der Waals surface area contributed by atoms with Crippen molar-refractivity contribution in [3.8, 4) is 17.2 Å². The Labute approximate surface area is 164 Å². The molecule has 27 heavy (non-hydrogen) atoms. The molecule has 0 bridgehead atoms. The van der Waals surface area contributed by atoms with Gasteiger partial charge >= 0.3 is 0 Å². The lowest BCUT2D eigenvalue weighted by Crippen LogP contribution is -1.95. The van der Waals surface area contributed by atoms with E-state index in [1.165, 1.54) is 15.3 Å². The van der Waals surface area contributed by atoms with E-state index < -0.39 is 0 Å². The van der Waals surface area contributed by atoms with E-state index >= 15 is 0 Å². The van der Waals surface area contributed by atoms with Crippen LogP contribution in [0, 0.1) is 0 Å². The van der Waals surface area contributed by atoms with E-state index in [1.807, 2.05) is 36.4 Å². The molecule has 4 heteroatoms. The van der Waals surface area contributed by atoms with Gasteiger partial charge in [0.25, 0.3) is 0 Å². The molecule has 0 N–H and O–H groups in total. The molecular formula is C23H22O3S. The maximum Gasteiger partial charge on any atom is 0.203 e.